The van der Waals surface area contributed by atoms with Gasteiger partial charge in [-0.05, 0) is 69.9 Å². The Morgan fingerprint density at radius 1 is 0.451 bits per heavy atom. The van der Waals surface area contributed by atoms with Crippen molar-refractivity contribution in [1.29, 1.82) is 0 Å². The summed E-state index contributed by atoms with van der Waals surface area (Å²) in [6.45, 7) is 0. The van der Waals surface area contributed by atoms with Crippen LogP contribution in [-0.4, -0.2) is 4.98 Å². The van der Waals surface area contributed by atoms with E-state index in [9.17, 15) is 0 Å². The maximum Gasteiger partial charge on any atom is 0.227 e. The van der Waals surface area contributed by atoms with Crippen LogP contribution in [0.25, 0.3) is 77.5 Å². The van der Waals surface area contributed by atoms with E-state index in [1.54, 1.807) is 0 Å². The number of benzene rings is 8. The number of rotatable bonds is 6. The molecule has 10 aromatic rings. The van der Waals surface area contributed by atoms with E-state index < -0.39 is 0 Å². The van der Waals surface area contributed by atoms with Gasteiger partial charge in [-0.1, -0.05) is 133 Å². The highest BCUT2D eigenvalue weighted by Crippen LogP contribution is 2.50. The average molecular weight is 655 g/mol. The van der Waals surface area contributed by atoms with Gasteiger partial charge in [0, 0.05) is 28.3 Å². The molecule has 0 unspecified atom stereocenters. The van der Waals surface area contributed by atoms with Crippen molar-refractivity contribution in [2.24, 2.45) is 0 Å². The quantitative estimate of drug-likeness (QED) is 0.179. The summed E-state index contributed by atoms with van der Waals surface area (Å²) in [7, 11) is 0. The molecule has 0 aliphatic carbocycles. The van der Waals surface area contributed by atoms with Gasteiger partial charge in [0.05, 0.1) is 11.1 Å². The summed E-state index contributed by atoms with van der Waals surface area (Å²) in [5, 5.41) is 4.38. The van der Waals surface area contributed by atoms with Gasteiger partial charge in [-0.3, -0.25) is 0 Å². The first-order valence-corrected chi connectivity index (χ1v) is 17.1. The minimum Gasteiger partial charge on any atom is -0.456 e. The van der Waals surface area contributed by atoms with Gasteiger partial charge in [0.1, 0.15) is 22.4 Å². The molecule has 4 nitrogen and oxygen atoms in total. The van der Waals surface area contributed by atoms with Crippen LogP contribution in [0.3, 0.4) is 0 Å². The molecule has 0 saturated carbocycles. The third-order valence-electron chi connectivity index (χ3n) is 9.68. The smallest absolute Gasteiger partial charge is 0.227 e. The van der Waals surface area contributed by atoms with Crippen molar-refractivity contribution < 1.29 is 8.83 Å². The maximum absolute atomic E-state index is 6.84. The molecular formula is C47H30N2O2. The van der Waals surface area contributed by atoms with Crippen molar-refractivity contribution >= 4 is 60.9 Å². The SMILES string of the molecule is c1ccc(-c2ccc(N(c3ccccc3-c3ccc4ccccc4c3)c3c4oc(-c5ccccc5)nc4cc4oc5ccccc5c34)cc2)cc1. The highest BCUT2D eigenvalue weighted by Gasteiger charge is 2.28. The third kappa shape index (κ3) is 4.96. The first-order chi connectivity index (χ1) is 25.3. The molecule has 0 atom stereocenters. The molecule has 51 heavy (non-hydrogen) atoms. The summed E-state index contributed by atoms with van der Waals surface area (Å²) >= 11 is 0. The second-order valence-electron chi connectivity index (χ2n) is 12.8. The van der Waals surface area contributed by atoms with E-state index >= 15 is 0 Å². The van der Waals surface area contributed by atoms with Gasteiger partial charge >= 0.3 is 0 Å². The van der Waals surface area contributed by atoms with Crippen molar-refractivity contribution in [3.05, 3.63) is 182 Å². The standard InChI is InChI=1S/C47H30N2O2/c1-3-13-31(14-4-1)33-25-27-37(28-26-33)49(41-21-11-9-19-38(41)36-24-23-32-15-7-8-18-35(32)29-36)45-44-39-20-10-12-22-42(39)50-43(44)30-40-46(45)51-47(48-40)34-16-5-2-6-17-34/h1-30H. The monoisotopic (exact) mass is 654 g/mol. The number of hydrogen-bond acceptors (Lipinski definition) is 4. The summed E-state index contributed by atoms with van der Waals surface area (Å²) in [5.41, 5.74) is 11.3. The molecule has 0 radical (unpaired) electrons. The van der Waals surface area contributed by atoms with E-state index in [1.807, 2.05) is 54.6 Å². The van der Waals surface area contributed by atoms with Gasteiger partial charge in [-0.2, -0.15) is 0 Å². The minimum absolute atomic E-state index is 0.561. The highest BCUT2D eigenvalue weighted by molar-refractivity contribution is 6.20. The van der Waals surface area contributed by atoms with Crippen LogP contribution in [-0.2, 0) is 0 Å². The third-order valence-corrected chi connectivity index (χ3v) is 9.68. The van der Waals surface area contributed by atoms with E-state index in [2.05, 4.69) is 132 Å². The van der Waals surface area contributed by atoms with Gasteiger partial charge in [0.2, 0.25) is 5.89 Å². The van der Waals surface area contributed by atoms with Gasteiger partial charge in [0.25, 0.3) is 0 Å². The topological polar surface area (TPSA) is 42.4 Å². The van der Waals surface area contributed by atoms with Crippen LogP contribution in [0.1, 0.15) is 0 Å². The average Bonchev–Trinajstić information content (AvgIpc) is 3.80. The molecule has 10 rings (SSSR count). The van der Waals surface area contributed by atoms with Crippen LogP contribution in [0.5, 0.6) is 0 Å². The molecule has 2 aromatic heterocycles. The lowest BCUT2D eigenvalue weighted by Gasteiger charge is -2.28. The summed E-state index contributed by atoms with van der Waals surface area (Å²) in [4.78, 5) is 7.37. The van der Waals surface area contributed by atoms with Crippen molar-refractivity contribution in [1.82, 2.24) is 4.98 Å². The Morgan fingerprint density at radius 3 is 1.92 bits per heavy atom. The number of fused-ring (bicyclic) bond motifs is 5. The van der Waals surface area contributed by atoms with Gasteiger partial charge in [-0.15, -0.1) is 0 Å². The number of furan rings is 1. The summed E-state index contributed by atoms with van der Waals surface area (Å²) in [6.07, 6.45) is 0. The Kier molecular flexibility index (Phi) is 6.78. The predicted octanol–water partition coefficient (Wildman–Crippen LogP) is 13.4. The summed E-state index contributed by atoms with van der Waals surface area (Å²) in [6, 6.07) is 63.3. The highest BCUT2D eigenvalue weighted by atomic mass is 16.4. The van der Waals surface area contributed by atoms with Gasteiger partial charge in [0.15, 0.2) is 5.58 Å². The lowest BCUT2D eigenvalue weighted by molar-refractivity contribution is 0.620. The largest absolute Gasteiger partial charge is 0.456 e. The Bertz CT molecular complexity index is 2850. The van der Waals surface area contributed by atoms with Gasteiger partial charge < -0.3 is 13.7 Å². The zero-order valence-electron chi connectivity index (χ0n) is 27.5. The maximum atomic E-state index is 6.84. The van der Waals surface area contributed by atoms with Crippen LogP contribution in [0, 0.1) is 0 Å². The fourth-order valence-corrected chi connectivity index (χ4v) is 7.26. The molecular weight excluding hydrogens is 625 g/mol. The van der Waals surface area contributed by atoms with Crippen LogP contribution in [0.15, 0.2) is 191 Å². The Morgan fingerprint density at radius 2 is 1.10 bits per heavy atom. The van der Waals surface area contributed by atoms with Crippen molar-refractivity contribution in [3.8, 4) is 33.7 Å². The molecule has 0 fully saturated rings. The molecule has 0 saturated heterocycles. The molecule has 0 amide bonds. The number of aromatic nitrogens is 1. The predicted molar refractivity (Wildman–Crippen MR) is 210 cm³/mol. The molecule has 0 aliphatic heterocycles. The molecule has 2 heterocycles. The van der Waals surface area contributed by atoms with Crippen molar-refractivity contribution in [2.75, 3.05) is 4.90 Å². The first kappa shape index (κ1) is 29.0. The lowest BCUT2D eigenvalue weighted by atomic mass is 9.98. The second kappa shape index (κ2) is 11.9. The summed E-state index contributed by atoms with van der Waals surface area (Å²) in [5.74, 6) is 0.561. The number of oxazole rings is 1. The van der Waals surface area contributed by atoms with Crippen molar-refractivity contribution in [2.45, 2.75) is 0 Å². The van der Waals surface area contributed by atoms with E-state index in [4.69, 9.17) is 13.8 Å². The molecule has 0 N–H and O–H groups in total. The normalized spacial score (nSPS) is 11.5. The molecule has 0 aliphatic rings. The Labute approximate surface area is 294 Å². The fourth-order valence-electron chi connectivity index (χ4n) is 7.26. The Hall–Kier alpha value is -6.91. The van der Waals surface area contributed by atoms with Gasteiger partial charge in [-0.25, -0.2) is 4.98 Å². The fraction of sp³-hybridized carbons (Fsp3) is 0. The summed E-state index contributed by atoms with van der Waals surface area (Å²) < 4.78 is 13.4. The molecule has 8 aromatic carbocycles. The molecule has 0 spiro atoms. The van der Waals surface area contributed by atoms with Crippen molar-refractivity contribution in [3.63, 3.8) is 0 Å². The van der Waals surface area contributed by atoms with E-state index in [0.717, 1.165) is 66.8 Å². The number of para-hydroxylation sites is 2. The minimum atomic E-state index is 0.561. The van der Waals surface area contributed by atoms with Crippen LogP contribution < -0.4 is 4.90 Å². The molecule has 4 heteroatoms. The zero-order valence-corrected chi connectivity index (χ0v) is 27.5. The second-order valence-corrected chi connectivity index (χ2v) is 12.8. The number of nitrogens with zero attached hydrogens (tertiary/aromatic N) is 2. The van der Waals surface area contributed by atoms with Crippen LogP contribution in [0.4, 0.5) is 17.1 Å². The van der Waals surface area contributed by atoms with E-state index in [1.165, 1.54) is 16.3 Å². The van der Waals surface area contributed by atoms with Crippen LogP contribution in [0.2, 0.25) is 0 Å². The first-order valence-electron chi connectivity index (χ1n) is 17.1. The van der Waals surface area contributed by atoms with Crippen LogP contribution >= 0.6 is 0 Å². The Balaban J connectivity index is 1.29. The lowest BCUT2D eigenvalue weighted by Crippen LogP contribution is -2.12. The van der Waals surface area contributed by atoms with E-state index in [0.29, 0.717) is 11.5 Å². The number of anilines is 3. The number of hydrogen-bond donors (Lipinski definition) is 0. The zero-order chi connectivity index (χ0) is 33.7. The molecule has 240 valence electrons. The molecule has 0 bridgehead atoms. The van der Waals surface area contributed by atoms with E-state index in [-0.39, 0.29) is 0 Å².